The summed E-state index contributed by atoms with van der Waals surface area (Å²) in [6.07, 6.45) is 5.56. The van der Waals surface area contributed by atoms with E-state index in [4.69, 9.17) is 0 Å². The van der Waals surface area contributed by atoms with Crippen LogP contribution in [0.25, 0.3) is 11.0 Å². The van der Waals surface area contributed by atoms with Crippen LogP contribution in [0.5, 0.6) is 0 Å². The Morgan fingerprint density at radius 3 is 2.84 bits per heavy atom. The Morgan fingerprint density at radius 1 is 1.16 bits per heavy atom. The van der Waals surface area contributed by atoms with E-state index in [1.165, 1.54) is 0 Å². The van der Waals surface area contributed by atoms with Gasteiger partial charge in [0, 0.05) is 23.8 Å². The number of nitrogens with one attached hydrogen (secondary N) is 1. The maximum absolute atomic E-state index is 14.0. The predicted molar refractivity (Wildman–Crippen MR) is 95.7 cm³/mol. The normalized spacial score (nSPS) is 19.7. The summed E-state index contributed by atoms with van der Waals surface area (Å²) >= 11 is 0. The van der Waals surface area contributed by atoms with Crippen molar-refractivity contribution in [1.29, 1.82) is 0 Å². The van der Waals surface area contributed by atoms with E-state index < -0.39 is 0 Å². The molecule has 3 aromatic rings. The van der Waals surface area contributed by atoms with E-state index in [1.807, 2.05) is 18.3 Å². The van der Waals surface area contributed by atoms with Crippen molar-refractivity contribution in [1.82, 2.24) is 19.9 Å². The number of aromatic amines is 1. The van der Waals surface area contributed by atoms with Crippen molar-refractivity contribution in [3.63, 3.8) is 0 Å². The molecule has 4 heterocycles. The average molecular weight is 337 g/mol. The van der Waals surface area contributed by atoms with E-state index >= 15 is 0 Å². The minimum Gasteiger partial charge on any atom is -0.346 e. The zero-order valence-corrected chi connectivity index (χ0v) is 14.2. The molecule has 2 aromatic heterocycles. The summed E-state index contributed by atoms with van der Waals surface area (Å²) in [5.74, 6) is 0.739. The first-order valence-electron chi connectivity index (χ1n) is 8.71. The number of halogens is 1. The minimum atomic E-state index is -0.159. The second kappa shape index (κ2) is 5.26. The van der Waals surface area contributed by atoms with Crippen LogP contribution in [0.2, 0.25) is 0 Å². The number of anilines is 2. The largest absolute Gasteiger partial charge is 0.346 e. The summed E-state index contributed by atoms with van der Waals surface area (Å²) in [6.45, 7) is 2.91. The number of likely N-dealkylation sites (tertiary alicyclic amines) is 1. The second-order valence-electron chi connectivity index (χ2n) is 7.27. The molecule has 25 heavy (non-hydrogen) atoms. The first-order chi connectivity index (χ1) is 12.2. The Balaban J connectivity index is 1.67. The molecule has 5 nitrogen and oxygen atoms in total. The zero-order valence-electron chi connectivity index (χ0n) is 14.2. The van der Waals surface area contributed by atoms with Crippen LogP contribution in [0.3, 0.4) is 0 Å². The van der Waals surface area contributed by atoms with Gasteiger partial charge in [-0.05, 0) is 62.8 Å². The fourth-order valence-electron chi connectivity index (χ4n) is 4.38. The third-order valence-corrected chi connectivity index (χ3v) is 5.81. The van der Waals surface area contributed by atoms with Gasteiger partial charge in [-0.1, -0.05) is 0 Å². The van der Waals surface area contributed by atoms with Crippen molar-refractivity contribution >= 4 is 22.5 Å². The fraction of sp³-hybridized carbons (Fsp3) is 0.368. The Bertz CT molecular complexity index is 942. The number of hydrogen-bond acceptors (Lipinski definition) is 4. The molecule has 2 aliphatic heterocycles. The molecule has 0 amide bonds. The SMILES string of the molecule is CN1CCC2(CC1)CN(c1ncnc3[nH]ccc13)c1ccc(F)cc12. The van der Waals surface area contributed by atoms with E-state index in [-0.39, 0.29) is 11.2 Å². The number of rotatable bonds is 1. The third kappa shape index (κ3) is 2.17. The van der Waals surface area contributed by atoms with Gasteiger partial charge in [-0.15, -0.1) is 0 Å². The molecule has 1 spiro atoms. The summed E-state index contributed by atoms with van der Waals surface area (Å²) < 4.78 is 14.0. The van der Waals surface area contributed by atoms with Crippen LogP contribution in [0, 0.1) is 5.82 Å². The summed E-state index contributed by atoms with van der Waals surface area (Å²) in [7, 11) is 2.15. The van der Waals surface area contributed by atoms with Crippen LogP contribution in [0.15, 0.2) is 36.8 Å². The van der Waals surface area contributed by atoms with Crippen molar-refractivity contribution in [2.24, 2.45) is 0 Å². The molecule has 0 saturated carbocycles. The van der Waals surface area contributed by atoms with Crippen LogP contribution in [-0.4, -0.2) is 46.5 Å². The van der Waals surface area contributed by atoms with E-state index in [0.717, 1.165) is 60.6 Å². The van der Waals surface area contributed by atoms with Crippen LogP contribution in [0.4, 0.5) is 15.9 Å². The molecule has 5 rings (SSSR count). The molecule has 0 atom stereocenters. The maximum atomic E-state index is 14.0. The summed E-state index contributed by atoms with van der Waals surface area (Å²) in [5.41, 5.74) is 3.03. The van der Waals surface area contributed by atoms with Gasteiger partial charge in [-0.2, -0.15) is 0 Å². The second-order valence-corrected chi connectivity index (χ2v) is 7.27. The lowest BCUT2D eigenvalue weighted by molar-refractivity contribution is 0.197. The molecule has 2 aliphatic rings. The number of aromatic nitrogens is 3. The summed E-state index contributed by atoms with van der Waals surface area (Å²) in [4.78, 5) is 16.6. The Kier molecular flexibility index (Phi) is 3.12. The number of fused-ring (bicyclic) bond motifs is 3. The molecular weight excluding hydrogens is 317 g/mol. The quantitative estimate of drug-likeness (QED) is 0.741. The molecule has 1 N–H and O–H groups in total. The molecule has 128 valence electrons. The molecule has 0 radical (unpaired) electrons. The van der Waals surface area contributed by atoms with Crippen LogP contribution < -0.4 is 4.90 Å². The lowest BCUT2D eigenvalue weighted by Crippen LogP contribution is -2.43. The smallest absolute Gasteiger partial charge is 0.145 e. The highest BCUT2D eigenvalue weighted by Gasteiger charge is 2.45. The topological polar surface area (TPSA) is 48.1 Å². The standard InChI is InChI=1S/C19H20FN5/c1-24-8-5-19(6-9-24)11-25(16-3-2-13(20)10-15(16)19)18-14-4-7-21-17(14)22-12-23-18/h2-4,7,10,12H,5-6,8-9,11H2,1H3,(H,21,22,23). The molecule has 1 fully saturated rings. The molecule has 1 aromatic carbocycles. The highest BCUT2D eigenvalue weighted by Crippen LogP contribution is 2.50. The van der Waals surface area contributed by atoms with Gasteiger partial charge in [0.25, 0.3) is 0 Å². The first-order valence-corrected chi connectivity index (χ1v) is 8.71. The molecule has 0 aliphatic carbocycles. The van der Waals surface area contributed by atoms with Crippen molar-refractivity contribution in [2.75, 3.05) is 31.6 Å². The van der Waals surface area contributed by atoms with Gasteiger partial charge in [-0.3, -0.25) is 0 Å². The van der Waals surface area contributed by atoms with E-state index in [2.05, 4.69) is 31.8 Å². The van der Waals surface area contributed by atoms with E-state index in [0.29, 0.717) is 0 Å². The summed E-state index contributed by atoms with van der Waals surface area (Å²) in [6, 6.07) is 7.19. The number of nitrogens with zero attached hydrogens (tertiary/aromatic N) is 4. The Morgan fingerprint density at radius 2 is 2.00 bits per heavy atom. The molecular formula is C19H20FN5. The van der Waals surface area contributed by atoms with Gasteiger partial charge in [-0.25, -0.2) is 14.4 Å². The number of benzene rings is 1. The van der Waals surface area contributed by atoms with Crippen LogP contribution in [-0.2, 0) is 5.41 Å². The molecule has 0 unspecified atom stereocenters. The minimum absolute atomic E-state index is 0.00246. The van der Waals surface area contributed by atoms with Crippen molar-refractivity contribution in [2.45, 2.75) is 18.3 Å². The maximum Gasteiger partial charge on any atom is 0.145 e. The van der Waals surface area contributed by atoms with Crippen LogP contribution >= 0.6 is 0 Å². The monoisotopic (exact) mass is 337 g/mol. The van der Waals surface area contributed by atoms with Crippen molar-refractivity contribution < 1.29 is 4.39 Å². The Hall–Kier alpha value is -2.47. The average Bonchev–Trinajstić information content (AvgIpc) is 3.21. The number of hydrogen-bond donors (Lipinski definition) is 1. The van der Waals surface area contributed by atoms with E-state index in [9.17, 15) is 4.39 Å². The van der Waals surface area contributed by atoms with Gasteiger partial charge in [0.1, 0.15) is 23.6 Å². The highest BCUT2D eigenvalue weighted by atomic mass is 19.1. The Labute approximate surface area is 145 Å². The fourth-order valence-corrected chi connectivity index (χ4v) is 4.38. The highest BCUT2D eigenvalue weighted by molar-refractivity contribution is 5.91. The third-order valence-electron chi connectivity index (χ3n) is 5.81. The van der Waals surface area contributed by atoms with Crippen molar-refractivity contribution in [3.8, 4) is 0 Å². The summed E-state index contributed by atoms with van der Waals surface area (Å²) in [5, 5.41) is 1.00. The predicted octanol–water partition coefficient (Wildman–Crippen LogP) is 3.21. The van der Waals surface area contributed by atoms with Gasteiger partial charge in [0.2, 0.25) is 0 Å². The first kappa shape index (κ1) is 14.8. The van der Waals surface area contributed by atoms with Gasteiger partial charge < -0.3 is 14.8 Å². The zero-order chi connectivity index (χ0) is 17.0. The van der Waals surface area contributed by atoms with Gasteiger partial charge >= 0.3 is 0 Å². The van der Waals surface area contributed by atoms with E-state index in [1.54, 1.807) is 18.5 Å². The number of H-pyrrole nitrogens is 1. The van der Waals surface area contributed by atoms with Crippen molar-refractivity contribution in [3.05, 3.63) is 48.2 Å². The van der Waals surface area contributed by atoms with Gasteiger partial charge in [0.15, 0.2) is 0 Å². The molecule has 1 saturated heterocycles. The lowest BCUT2D eigenvalue weighted by atomic mass is 9.74. The molecule has 6 heteroatoms. The van der Waals surface area contributed by atoms with Gasteiger partial charge in [0.05, 0.1) is 5.39 Å². The van der Waals surface area contributed by atoms with Crippen LogP contribution in [0.1, 0.15) is 18.4 Å². The number of piperidine rings is 1. The lowest BCUT2D eigenvalue weighted by Gasteiger charge is -2.38. The molecule has 0 bridgehead atoms.